The summed E-state index contributed by atoms with van der Waals surface area (Å²) in [5.74, 6) is 0.408. The van der Waals surface area contributed by atoms with Crippen LogP contribution in [0.2, 0.25) is 0 Å². The van der Waals surface area contributed by atoms with Gasteiger partial charge in [-0.1, -0.05) is 12.1 Å². The normalized spacial score (nSPS) is 10.2. The minimum atomic E-state index is -0.394. The van der Waals surface area contributed by atoms with Gasteiger partial charge in [0, 0.05) is 7.05 Å². The average Bonchev–Trinajstić information content (AvgIpc) is 2.37. The quantitative estimate of drug-likeness (QED) is 0.942. The third-order valence-electron chi connectivity index (χ3n) is 2.30. The Morgan fingerprint density at radius 1 is 1.39 bits per heavy atom. The van der Waals surface area contributed by atoms with Crippen LogP contribution in [0.4, 0.5) is 10.3 Å². The lowest BCUT2D eigenvalue weighted by molar-refractivity contribution is 0.422. The van der Waals surface area contributed by atoms with Crippen molar-refractivity contribution >= 4 is 21.9 Å². The van der Waals surface area contributed by atoms with Crippen molar-refractivity contribution in [3.63, 3.8) is 0 Å². The maximum Gasteiger partial charge on any atom is 0.238 e. The Kier molecular flexibility index (Phi) is 3.76. The first kappa shape index (κ1) is 12.8. The SMILES string of the molecule is CNc1ncc(Br)c(Oc2cccc(C)c2F)n1. The van der Waals surface area contributed by atoms with Crippen LogP contribution >= 0.6 is 15.9 Å². The Morgan fingerprint density at radius 2 is 2.17 bits per heavy atom. The van der Waals surface area contributed by atoms with E-state index < -0.39 is 5.82 Å². The van der Waals surface area contributed by atoms with E-state index in [0.29, 0.717) is 16.0 Å². The van der Waals surface area contributed by atoms with Gasteiger partial charge in [-0.2, -0.15) is 4.98 Å². The fourth-order valence-electron chi connectivity index (χ4n) is 1.35. The summed E-state index contributed by atoms with van der Waals surface area (Å²) in [7, 11) is 1.69. The molecule has 0 radical (unpaired) electrons. The van der Waals surface area contributed by atoms with Crippen LogP contribution < -0.4 is 10.1 Å². The molecule has 0 unspecified atom stereocenters. The van der Waals surface area contributed by atoms with Gasteiger partial charge in [-0.3, -0.25) is 0 Å². The monoisotopic (exact) mass is 311 g/mol. The third kappa shape index (κ3) is 2.59. The molecule has 0 amide bonds. The summed E-state index contributed by atoms with van der Waals surface area (Å²) < 4.78 is 19.8. The van der Waals surface area contributed by atoms with E-state index in [-0.39, 0.29) is 11.6 Å². The summed E-state index contributed by atoms with van der Waals surface area (Å²) in [6.45, 7) is 1.68. The van der Waals surface area contributed by atoms with Crippen molar-refractivity contribution in [2.24, 2.45) is 0 Å². The first-order chi connectivity index (χ1) is 8.61. The molecule has 0 saturated carbocycles. The van der Waals surface area contributed by atoms with Crippen molar-refractivity contribution in [1.82, 2.24) is 9.97 Å². The van der Waals surface area contributed by atoms with Gasteiger partial charge in [-0.15, -0.1) is 0 Å². The fraction of sp³-hybridized carbons (Fsp3) is 0.167. The molecule has 2 rings (SSSR count). The summed E-state index contributed by atoms with van der Waals surface area (Å²) in [6, 6.07) is 4.95. The van der Waals surface area contributed by atoms with Crippen LogP contribution in [0.15, 0.2) is 28.9 Å². The van der Waals surface area contributed by atoms with Gasteiger partial charge in [-0.05, 0) is 34.5 Å². The molecule has 1 aromatic carbocycles. The standard InChI is InChI=1S/C12H11BrFN3O/c1-7-4-3-5-9(10(7)14)18-11-8(13)6-16-12(15-2)17-11/h3-6H,1-2H3,(H,15,16,17). The molecule has 2 aromatic rings. The van der Waals surface area contributed by atoms with Gasteiger partial charge in [-0.25, -0.2) is 9.37 Å². The van der Waals surface area contributed by atoms with Gasteiger partial charge in [0.2, 0.25) is 11.8 Å². The molecular weight excluding hydrogens is 301 g/mol. The maximum absolute atomic E-state index is 13.8. The molecule has 1 heterocycles. The lowest BCUT2D eigenvalue weighted by atomic mass is 10.2. The van der Waals surface area contributed by atoms with E-state index in [2.05, 4.69) is 31.2 Å². The molecule has 4 nitrogen and oxygen atoms in total. The molecule has 0 bridgehead atoms. The van der Waals surface area contributed by atoms with E-state index in [1.807, 2.05) is 0 Å². The van der Waals surface area contributed by atoms with Crippen molar-refractivity contribution in [3.8, 4) is 11.6 Å². The Bertz CT molecular complexity index is 577. The molecule has 0 aliphatic rings. The lowest BCUT2D eigenvalue weighted by Crippen LogP contribution is -1.99. The summed E-state index contributed by atoms with van der Waals surface area (Å²) in [4.78, 5) is 8.10. The zero-order chi connectivity index (χ0) is 13.1. The second-order valence-electron chi connectivity index (χ2n) is 3.59. The molecule has 18 heavy (non-hydrogen) atoms. The van der Waals surface area contributed by atoms with Crippen LogP contribution in [-0.2, 0) is 0 Å². The Balaban J connectivity index is 2.36. The third-order valence-corrected chi connectivity index (χ3v) is 2.84. The highest BCUT2D eigenvalue weighted by Crippen LogP contribution is 2.30. The van der Waals surface area contributed by atoms with Crippen LogP contribution in [0.1, 0.15) is 5.56 Å². The Hall–Kier alpha value is -1.69. The van der Waals surface area contributed by atoms with Crippen molar-refractivity contribution < 1.29 is 9.13 Å². The largest absolute Gasteiger partial charge is 0.435 e. The maximum atomic E-state index is 13.8. The molecule has 1 N–H and O–H groups in total. The van der Waals surface area contributed by atoms with Gasteiger partial charge >= 0.3 is 0 Å². The van der Waals surface area contributed by atoms with E-state index in [1.165, 1.54) is 0 Å². The number of nitrogens with one attached hydrogen (secondary N) is 1. The number of nitrogens with zero attached hydrogens (tertiary/aromatic N) is 2. The van der Waals surface area contributed by atoms with E-state index in [4.69, 9.17) is 4.74 Å². The molecule has 0 fully saturated rings. The first-order valence-electron chi connectivity index (χ1n) is 5.25. The minimum absolute atomic E-state index is 0.136. The van der Waals surface area contributed by atoms with Crippen LogP contribution in [0.3, 0.4) is 0 Å². The zero-order valence-corrected chi connectivity index (χ0v) is 11.5. The van der Waals surface area contributed by atoms with Gasteiger partial charge in [0.1, 0.15) is 0 Å². The second-order valence-corrected chi connectivity index (χ2v) is 4.44. The summed E-state index contributed by atoms with van der Waals surface area (Å²) in [5.41, 5.74) is 0.520. The molecule has 94 valence electrons. The van der Waals surface area contributed by atoms with E-state index in [1.54, 1.807) is 38.4 Å². The number of rotatable bonds is 3. The van der Waals surface area contributed by atoms with E-state index in [9.17, 15) is 4.39 Å². The molecular formula is C12H11BrFN3O. The summed E-state index contributed by atoms with van der Waals surface area (Å²) in [5, 5.41) is 2.79. The molecule has 0 atom stereocenters. The number of halogens is 2. The molecule has 0 saturated heterocycles. The highest BCUT2D eigenvalue weighted by Gasteiger charge is 2.11. The first-order valence-corrected chi connectivity index (χ1v) is 6.04. The van der Waals surface area contributed by atoms with Gasteiger partial charge in [0.05, 0.1) is 10.7 Å². The number of hydrogen-bond acceptors (Lipinski definition) is 4. The van der Waals surface area contributed by atoms with Crippen LogP contribution in [-0.4, -0.2) is 17.0 Å². The van der Waals surface area contributed by atoms with Crippen molar-refractivity contribution in [1.29, 1.82) is 0 Å². The molecule has 0 aliphatic carbocycles. The summed E-state index contributed by atoms with van der Waals surface area (Å²) >= 11 is 3.26. The lowest BCUT2D eigenvalue weighted by Gasteiger charge is -2.09. The Labute approximate surface area is 112 Å². The molecule has 6 heteroatoms. The van der Waals surface area contributed by atoms with E-state index in [0.717, 1.165) is 0 Å². The number of anilines is 1. The van der Waals surface area contributed by atoms with Crippen LogP contribution in [0, 0.1) is 12.7 Å². The average molecular weight is 312 g/mol. The molecule has 0 spiro atoms. The topological polar surface area (TPSA) is 47.0 Å². The predicted molar refractivity (Wildman–Crippen MR) is 70.5 cm³/mol. The Morgan fingerprint density at radius 3 is 2.89 bits per heavy atom. The van der Waals surface area contributed by atoms with Crippen molar-refractivity contribution in [2.75, 3.05) is 12.4 Å². The number of aryl methyl sites for hydroxylation is 1. The highest BCUT2D eigenvalue weighted by atomic mass is 79.9. The van der Waals surface area contributed by atoms with Crippen molar-refractivity contribution in [3.05, 3.63) is 40.2 Å². The molecule has 0 aliphatic heterocycles. The molecule has 1 aromatic heterocycles. The fourth-order valence-corrected chi connectivity index (χ4v) is 1.62. The highest BCUT2D eigenvalue weighted by molar-refractivity contribution is 9.10. The second kappa shape index (κ2) is 5.30. The van der Waals surface area contributed by atoms with Crippen LogP contribution in [0.25, 0.3) is 0 Å². The van der Waals surface area contributed by atoms with Crippen molar-refractivity contribution in [2.45, 2.75) is 6.92 Å². The van der Waals surface area contributed by atoms with Gasteiger partial charge in [0.25, 0.3) is 0 Å². The van der Waals surface area contributed by atoms with Gasteiger partial charge in [0.15, 0.2) is 11.6 Å². The summed E-state index contributed by atoms with van der Waals surface area (Å²) in [6.07, 6.45) is 1.54. The zero-order valence-electron chi connectivity index (χ0n) is 9.87. The minimum Gasteiger partial charge on any atom is -0.435 e. The van der Waals surface area contributed by atoms with E-state index >= 15 is 0 Å². The number of ether oxygens (including phenoxy) is 1. The number of aromatic nitrogens is 2. The smallest absolute Gasteiger partial charge is 0.238 e. The van der Waals surface area contributed by atoms with Crippen LogP contribution in [0.5, 0.6) is 11.6 Å². The number of hydrogen-bond donors (Lipinski definition) is 1. The predicted octanol–water partition coefficient (Wildman–Crippen LogP) is 3.52. The van der Waals surface area contributed by atoms with Gasteiger partial charge < -0.3 is 10.1 Å². The number of benzene rings is 1.